The van der Waals surface area contributed by atoms with Gasteiger partial charge in [0.15, 0.2) is 0 Å². The normalized spacial score (nSPS) is 28.8. The molecule has 1 saturated heterocycles. The highest BCUT2D eigenvalue weighted by Gasteiger charge is 2.39. The molecule has 2 aliphatic rings. The monoisotopic (exact) mass is 343 g/mol. The zero-order valence-electron chi connectivity index (χ0n) is 13.0. The average molecular weight is 344 g/mol. The summed E-state index contributed by atoms with van der Waals surface area (Å²) in [5, 5.41) is 9.50. The molecule has 0 spiro atoms. The Morgan fingerprint density at radius 2 is 1.91 bits per heavy atom. The number of morpholine rings is 1. The maximum Gasteiger partial charge on any atom is 0.307 e. The lowest BCUT2D eigenvalue weighted by molar-refractivity contribution is -0.144. The molecular weight excluding hydrogens is 321 g/mol. The molecule has 3 rings (SSSR count). The summed E-state index contributed by atoms with van der Waals surface area (Å²) >= 11 is 0. The molecule has 6 heteroatoms. The minimum absolute atomic E-state index is 0. The Labute approximate surface area is 142 Å². The van der Waals surface area contributed by atoms with Gasteiger partial charge in [-0.25, -0.2) is 4.39 Å². The van der Waals surface area contributed by atoms with Crippen LogP contribution in [0.5, 0.6) is 0 Å². The highest BCUT2D eigenvalue weighted by molar-refractivity contribution is 5.85. The summed E-state index contributed by atoms with van der Waals surface area (Å²) in [6.07, 6.45) is 2.18. The van der Waals surface area contributed by atoms with Gasteiger partial charge in [-0.15, -0.1) is 12.4 Å². The van der Waals surface area contributed by atoms with E-state index in [4.69, 9.17) is 4.74 Å². The molecule has 23 heavy (non-hydrogen) atoms. The molecular formula is C17H23ClFNO3. The Morgan fingerprint density at radius 1 is 1.22 bits per heavy atom. The first-order valence-corrected chi connectivity index (χ1v) is 7.96. The highest BCUT2D eigenvalue weighted by atomic mass is 35.5. The topological polar surface area (TPSA) is 49.8 Å². The fourth-order valence-corrected chi connectivity index (χ4v) is 3.84. The number of carbonyl (C=O) groups is 1. The number of ether oxygens (including phenoxy) is 1. The molecule has 2 fully saturated rings. The molecule has 1 aliphatic carbocycles. The standard InChI is InChI=1S/C17H22FNO3.ClH/c18-16-4-2-1-3-13(16)15-11-12(5-6-14(15)17(20)21)19-7-9-22-10-8-19;/h1-4,12,14-15H,5-11H2,(H,20,21);1H/t12-,14+,15-;/m0./s1. The zero-order chi connectivity index (χ0) is 15.5. The molecule has 0 unspecified atom stereocenters. The molecule has 1 aromatic carbocycles. The molecule has 1 aromatic rings. The molecule has 1 saturated carbocycles. The fraction of sp³-hybridized carbons (Fsp3) is 0.588. The van der Waals surface area contributed by atoms with Crippen LogP contribution in [-0.2, 0) is 9.53 Å². The molecule has 128 valence electrons. The molecule has 1 aliphatic heterocycles. The van der Waals surface area contributed by atoms with Crippen LogP contribution in [-0.4, -0.2) is 48.3 Å². The first-order chi connectivity index (χ1) is 10.7. The molecule has 1 heterocycles. The van der Waals surface area contributed by atoms with Crippen molar-refractivity contribution in [2.75, 3.05) is 26.3 Å². The number of hydrogen-bond acceptors (Lipinski definition) is 3. The van der Waals surface area contributed by atoms with E-state index in [1.165, 1.54) is 6.07 Å². The zero-order valence-corrected chi connectivity index (χ0v) is 13.8. The summed E-state index contributed by atoms with van der Waals surface area (Å²) in [4.78, 5) is 13.9. The summed E-state index contributed by atoms with van der Waals surface area (Å²) < 4.78 is 19.5. The number of halogens is 2. The largest absolute Gasteiger partial charge is 0.481 e. The van der Waals surface area contributed by atoms with Crippen LogP contribution in [0.15, 0.2) is 24.3 Å². The second-order valence-corrected chi connectivity index (χ2v) is 6.19. The average Bonchev–Trinajstić information content (AvgIpc) is 2.55. The number of aliphatic carboxylic acids is 1. The van der Waals surface area contributed by atoms with E-state index >= 15 is 0 Å². The van der Waals surface area contributed by atoms with Crippen molar-refractivity contribution in [1.82, 2.24) is 4.90 Å². The van der Waals surface area contributed by atoms with E-state index in [9.17, 15) is 14.3 Å². The third-order valence-electron chi connectivity index (χ3n) is 5.01. The lowest BCUT2D eigenvalue weighted by Gasteiger charge is -2.41. The van der Waals surface area contributed by atoms with Crippen molar-refractivity contribution in [1.29, 1.82) is 0 Å². The second-order valence-electron chi connectivity index (χ2n) is 6.19. The Balaban J connectivity index is 0.00000192. The Hall–Kier alpha value is -1.17. The van der Waals surface area contributed by atoms with Crippen molar-refractivity contribution in [2.45, 2.75) is 31.2 Å². The molecule has 1 N–H and O–H groups in total. The minimum Gasteiger partial charge on any atom is -0.481 e. The van der Waals surface area contributed by atoms with E-state index in [2.05, 4.69) is 4.90 Å². The first-order valence-electron chi connectivity index (χ1n) is 7.96. The van der Waals surface area contributed by atoms with Crippen molar-refractivity contribution < 1.29 is 19.0 Å². The molecule has 3 atom stereocenters. The SMILES string of the molecule is Cl.O=C(O)[C@@H]1CC[C@H](N2CCOCC2)C[C@H]1c1ccccc1F. The number of carboxylic acids is 1. The van der Waals surface area contributed by atoms with E-state index in [0.29, 0.717) is 24.4 Å². The van der Waals surface area contributed by atoms with Gasteiger partial charge in [-0.1, -0.05) is 18.2 Å². The van der Waals surface area contributed by atoms with E-state index < -0.39 is 11.9 Å². The van der Waals surface area contributed by atoms with E-state index in [1.807, 2.05) is 0 Å². The van der Waals surface area contributed by atoms with Crippen LogP contribution < -0.4 is 0 Å². The van der Waals surface area contributed by atoms with Crippen molar-refractivity contribution in [3.8, 4) is 0 Å². The Morgan fingerprint density at radius 3 is 2.57 bits per heavy atom. The quantitative estimate of drug-likeness (QED) is 0.916. The summed E-state index contributed by atoms with van der Waals surface area (Å²) in [6.45, 7) is 3.21. The molecule has 4 nitrogen and oxygen atoms in total. The van der Waals surface area contributed by atoms with Gasteiger partial charge in [0.1, 0.15) is 5.82 Å². The second kappa shape index (κ2) is 8.08. The van der Waals surface area contributed by atoms with Gasteiger partial charge in [0.2, 0.25) is 0 Å². The van der Waals surface area contributed by atoms with Crippen molar-refractivity contribution in [3.05, 3.63) is 35.6 Å². The molecule has 0 bridgehead atoms. The van der Waals surface area contributed by atoms with Crippen LogP contribution in [0.4, 0.5) is 4.39 Å². The molecule has 0 aromatic heterocycles. The highest BCUT2D eigenvalue weighted by Crippen LogP contribution is 2.40. The van der Waals surface area contributed by atoms with Crippen molar-refractivity contribution >= 4 is 18.4 Å². The van der Waals surface area contributed by atoms with Gasteiger partial charge in [0, 0.05) is 25.0 Å². The van der Waals surface area contributed by atoms with Gasteiger partial charge in [0.25, 0.3) is 0 Å². The number of carboxylic acid groups (broad SMARTS) is 1. The van der Waals surface area contributed by atoms with Gasteiger partial charge < -0.3 is 9.84 Å². The van der Waals surface area contributed by atoms with E-state index in [-0.39, 0.29) is 24.1 Å². The van der Waals surface area contributed by atoms with Crippen molar-refractivity contribution in [2.24, 2.45) is 5.92 Å². The van der Waals surface area contributed by atoms with Crippen LogP contribution in [0.25, 0.3) is 0 Å². The summed E-state index contributed by atoms with van der Waals surface area (Å²) in [7, 11) is 0. The predicted molar refractivity (Wildman–Crippen MR) is 87.5 cm³/mol. The van der Waals surface area contributed by atoms with Crippen LogP contribution in [0.3, 0.4) is 0 Å². The number of rotatable bonds is 3. The third kappa shape index (κ3) is 4.03. The summed E-state index contributed by atoms with van der Waals surface area (Å²) in [6, 6.07) is 6.92. The first kappa shape index (κ1) is 18.2. The maximum atomic E-state index is 14.2. The number of hydrogen-bond donors (Lipinski definition) is 1. The maximum absolute atomic E-state index is 14.2. The molecule has 0 amide bonds. The van der Waals surface area contributed by atoms with Crippen LogP contribution in [0.1, 0.15) is 30.7 Å². The van der Waals surface area contributed by atoms with E-state index in [1.54, 1.807) is 18.2 Å². The number of nitrogens with zero attached hydrogens (tertiary/aromatic N) is 1. The lowest BCUT2D eigenvalue weighted by atomic mass is 9.73. The fourth-order valence-electron chi connectivity index (χ4n) is 3.84. The predicted octanol–water partition coefficient (Wildman–Crippen LogP) is 2.92. The summed E-state index contributed by atoms with van der Waals surface area (Å²) in [5.41, 5.74) is 0.549. The van der Waals surface area contributed by atoms with Gasteiger partial charge in [0.05, 0.1) is 19.1 Å². The third-order valence-corrected chi connectivity index (χ3v) is 5.01. The van der Waals surface area contributed by atoms with E-state index in [0.717, 1.165) is 32.7 Å². The Kier molecular flexibility index (Phi) is 6.39. The van der Waals surface area contributed by atoms with Crippen LogP contribution in [0, 0.1) is 11.7 Å². The summed E-state index contributed by atoms with van der Waals surface area (Å²) in [5.74, 6) is -1.84. The van der Waals surface area contributed by atoms with Gasteiger partial charge in [-0.2, -0.15) is 0 Å². The van der Waals surface area contributed by atoms with Crippen molar-refractivity contribution in [3.63, 3.8) is 0 Å². The smallest absolute Gasteiger partial charge is 0.307 e. The van der Waals surface area contributed by atoms with Gasteiger partial charge in [-0.3, -0.25) is 9.69 Å². The Bertz CT molecular complexity index is 536. The van der Waals surface area contributed by atoms with Gasteiger partial charge >= 0.3 is 5.97 Å². The van der Waals surface area contributed by atoms with Crippen LogP contribution in [0.2, 0.25) is 0 Å². The minimum atomic E-state index is -0.811. The lowest BCUT2D eigenvalue weighted by Crippen LogP contribution is -2.47. The number of benzene rings is 1. The molecule has 0 radical (unpaired) electrons. The van der Waals surface area contributed by atoms with Gasteiger partial charge in [-0.05, 0) is 30.9 Å². The van der Waals surface area contributed by atoms with Crippen LogP contribution >= 0.6 is 12.4 Å².